The Morgan fingerprint density at radius 3 is 1.67 bits per heavy atom. The van der Waals surface area contributed by atoms with Gasteiger partial charge in [-0.25, -0.2) is 0 Å². The van der Waals surface area contributed by atoms with Gasteiger partial charge in [0.05, 0.1) is 0 Å². The molecule has 0 heterocycles. The third kappa shape index (κ3) is 12.3. The topological polar surface area (TPSA) is 0 Å². The molecule has 0 aromatic carbocycles. The predicted octanol–water partition coefficient (Wildman–Crippen LogP) is 4.77. The van der Waals surface area contributed by atoms with Gasteiger partial charge in [0.2, 0.25) is 0 Å². The molecule has 0 spiro atoms. The van der Waals surface area contributed by atoms with Gasteiger partial charge in [0.25, 0.3) is 0 Å². The minimum atomic E-state index is -4.10. The molecule has 0 rings (SSSR count). The molecule has 0 fully saturated rings. The molecule has 1 atom stereocenters. The van der Waals surface area contributed by atoms with E-state index in [9.17, 15) is 26.3 Å². The van der Waals surface area contributed by atoms with Gasteiger partial charge in [-0.05, 0) is 0 Å². The van der Waals surface area contributed by atoms with Crippen molar-refractivity contribution in [2.75, 3.05) is 0 Å². The molecule has 0 N–H and O–H groups in total. The molecule has 0 amide bonds. The Kier molecular flexibility index (Phi) is 9.83. The molecule has 0 aliphatic carbocycles. The van der Waals surface area contributed by atoms with Crippen LogP contribution in [0.3, 0.4) is 0 Å². The van der Waals surface area contributed by atoms with E-state index < -0.39 is 67.7 Å². The third-order valence-corrected chi connectivity index (χ3v) is 3.70. The Hall–Kier alpha value is 1.22. The van der Waals surface area contributed by atoms with Crippen LogP contribution in [0, 0.1) is 0 Å². The van der Waals surface area contributed by atoms with Crippen molar-refractivity contribution in [2.45, 2.75) is 63.7 Å². The average molecular weight is 302 g/mol. The van der Waals surface area contributed by atoms with Crippen molar-refractivity contribution in [1.29, 1.82) is 0 Å². The van der Waals surface area contributed by atoms with Crippen LogP contribution in [-0.4, -0.2) is 61.3 Å². The number of alkyl halides is 6. The van der Waals surface area contributed by atoms with Crippen LogP contribution in [0.4, 0.5) is 26.3 Å². The van der Waals surface area contributed by atoms with Gasteiger partial charge in [-0.2, -0.15) is 0 Å². The third-order valence-electron chi connectivity index (χ3n) is 2.72. The van der Waals surface area contributed by atoms with Crippen LogP contribution in [0.1, 0.15) is 51.4 Å². The fourth-order valence-corrected chi connectivity index (χ4v) is 2.06. The number of hydrogen-bond donors (Lipinski definition) is 0. The van der Waals surface area contributed by atoms with Crippen LogP contribution < -0.4 is 0 Å². The first-order valence-electron chi connectivity index (χ1n) is 6.21. The second-order valence-corrected chi connectivity index (χ2v) is 6.78. The van der Waals surface area contributed by atoms with E-state index in [0.717, 1.165) is 0 Å². The second-order valence-electron chi connectivity index (χ2n) is 4.70. The Bertz CT molecular complexity index is 211. The van der Waals surface area contributed by atoms with Gasteiger partial charge in [0, 0.05) is 0 Å². The summed E-state index contributed by atoms with van der Waals surface area (Å²) in [5, 5.41) is 0. The predicted molar refractivity (Wildman–Crippen MR) is 58.6 cm³/mol. The van der Waals surface area contributed by atoms with Crippen LogP contribution in [0.25, 0.3) is 0 Å². The quantitative estimate of drug-likeness (QED) is 0.327. The summed E-state index contributed by atoms with van der Waals surface area (Å²) < 4.78 is 70.1. The van der Waals surface area contributed by atoms with Crippen molar-refractivity contribution >= 4 is 49.0 Å². The second kappa shape index (κ2) is 9.21. The van der Waals surface area contributed by atoms with Crippen LogP contribution >= 0.6 is 0 Å². The number of halogens is 6. The summed E-state index contributed by atoms with van der Waals surface area (Å²) in [5.41, 5.74) is 0. The summed E-state index contributed by atoms with van der Waals surface area (Å²) in [7, 11) is 0. The summed E-state index contributed by atoms with van der Waals surface area (Å²) in [4.78, 5) is 0. The van der Waals surface area contributed by atoms with E-state index in [-0.39, 0.29) is 12.8 Å². The maximum atomic E-state index is 12.8. The van der Waals surface area contributed by atoms with Crippen LogP contribution in [-0.2, 0) is 0 Å². The molecular weight excluding hydrogens is 285 g/mol. The molecule has 0 saturated carbocycles. The molecule has 0 aliphatic rings. The van der Waals surface area contributed by atoms with E-state index in [1.165, 1.54) is 0 Å². The van der Waals surface area contributed by atoms with Crippen molar-refractivity contribution in [1.82, 2.24) is 0 Å². The molecule has 1 unspecified atom stereocenters. The maximum absolute atomic E-state index is 12.8. The monoisotopic (exact) mass is 302 g/mol. The number of hydrogen-bond acceptors (Lipinski definition) is 0. The summed E-state index contributed by atoms with van der Waals surface area (Å²) in [5.74, 6) is 0. The van der Waals surface area contributed by atoms with Gasteiger partial charge < -0.3 is 0 Å². The van der Waals surface area contributed by atoms with Gasteiger partial charge in [0.15, 0.2) is 0 Å². The molecule has 0 nitrogen and oxygen atoms in total. The SMILES string of the molecule is FC(CCCCCCCCC(F)(F)F)[C](F)(F)[K]. The molecule has 0 aromatic heterocycles. The Morgan fingerprint density at radius 1 is 0.778 bits per heavy atom. The normalized spacial score (nSPS) is 14.9. The van der Waals surface area contributed by atoms with Crippen LogP contribution in [0.2, 0.25) is 0 Å². The average Bonchev–Trinajstić information content (AvgIpc) is 2.18. The zero-order chi connectivity index (χ0) is 14.2. The standard InChI is InChI=1S/C11H17F6.K/c12-9(10(13)14)7-5-3-1-2-4-6-8-11(15,16)17;/h9H,1-8H2;. The molecule has 0 radical (unpaired) electrons. The van der Waals surface area contributed by atoms with Crippen molar-refractivity contribution in [3.05, 3.63) is 0 Å². The summed E-state index contributed by atoms with van der Waals surface area (Å²) in [6.45, 7) is 0. The van der Waals surface area contributed by atoms with Gasteiger partial charge in [-0.1, -0.05) is 0 Å². The van der Waals surface area contributed by atoms with Crippen LogP contribution in [0.15, 0.2) is 0 Å². The molecular formula is C11H17F6K. The Balaban J connectivity index is 3.32. The van der Waals surface area contributed by atoms with Gasteiger partial charge in [-0.15, -0.1) is 0 Å². The van der Waals surface area contributed by atoms with Gasteiger partial charge >= 0.3 is 139 Å². The zero-order valence-electron chi connectivity index (χ0n) is 10.5. The molecule has 0 saturated heterocycles. The number of rotatable bonds is 9. The fraction of sp³-hybridized carbons (Fsp3) is 1.00. The van der Waals surface area contributed by atoms with E-state index in [1.54, 1.807) is 0 Å². The molecule has 0 aliphatic heterocycles. The summed E-state index contributed by atoms with van der Waals surface area (Å²) in [6, 6.07) is 0. The Labute approximate surface area is 137 Å². The molecule has 18 heavy (non-hydrogen) atoms. The zero-order valence-corrected chi connectivity index (χ0v) is 13.6. The van der Waals surface area contributed by atoms with E-state index in [4.69, 9.17) is 0 Å². The molecule has 104 valence electrons. The minimum absolute atomic E-state index is 0.107. The molecule has 7 heteroatoms. The first-order valence-corrected chi connectivity index (χ1v) is 7.78. The van der Waals surface area contributed by atoms with Gasteiger partial charge in [-0.3, -0.25) is 0 Å². The molecule has 0 bridgehead atoms. The van der Waals surface area contributed by atoms with E-state index in [0.29, 0.717) is 32.1 Å². The van der Waals surface area contributed by atoms with E-state index in [2.05, 4.69) is 0 Å². The van der Waals surface area contributed by atoms with Crippen molar-refractivity contribution in [2.24, 2.45) is 0 Å². The first-order chi connectivity index (χ1) is 8.13. The summed E-state index contributed by atoms with van der Waals surface area (Å²) in [6.07, 6.45) is -4.14. The first kappa shape index (κ1) is 19.2. The van der Waals surface area contributed by atoms with E-state index >= 15 is 0 Å². The fourth-order valence-electron chi connectivity index (χ4n) is 1.61. The number of unbranched alkanes of at least 4 members (excludes halogenated alkanes) is 5. The van der Waals surface area contributed by atoms with Crippen LogP contribution in [0.5, 0.6) is 0 Å². The Morgan fingerprint density at radius 2 is 1.22 bits per heavy atom. The van der Waals surface area contributed by atoms with Crippen molar-refractivity contribution < 1.29 is 26.3 Å². The van der Waals surface area contributed by atoms with Crippen molar-refractivity contribution in [3.63, 3.8) is 0 Å². The van der Waals surface area contributed by atoms with E-state index in [1.807, 2.05) is 0 Å². The molecule has 0 aromatic rings. The summed E-state index contributed by atoms with van der Waals surface area (Å²) >= 11 is -0.850. The van der Waals surface area contributed by atoms with Crippen molar-refractivity contribution in [3.8, 4) is 0 Å². The van der Waals surface area contributed by atoms with Gasteiger partial charge in [0.1, 0.15) is 0 Å².